The van der Waals surface area contributed by atoms with E-state index in [1.807, 2.05) is 0 Å². The number of benzene rings is 1. The molecule has 0 spiro atoms. The van der Waals surface area contributed by atoms with E-state index in [9.17, 15) is 36.4 Å². The highest BCUT2D eigenvalue weighted by Crippen LogP contribution is 2.47. The summed E-state index contributed by atoms with van der Waals surface area (Å²) in [5, 5.41) is 11.3. The second-order valence-electron chi connectivity index (χ2n) is 6.73. The van der Waals surface area contributed by atoms with Gasteiger partial charge in [0.1, 0.15) is 16.8 Å². The van der Waals surface area contributed by atoms with E-state index < -0.39 is 34.5 Å². The van der Waals surface area contributed by atoms with Gasteiger partial charge in [-0.25, -0.2) is 0 Å². The van der Waals surface area contributed by atoms with E-state index in [1.54, 1.807) is 6.07 Å². The van der Waals surface area contributed by atoms with Gasteiger partial charge in [0.15, 0.2) is 0 Å². The molecule has 12 heteroatoms. The van der Waals surface area contributed by atoms with Gasteiger partial charge in [0.2, 0.25) is 0 Å². The quantitative estimate of drug-likeness (QED) is 0.495. The third-order valence-electron chi connectivity index (χ3n) is 4.84. The molecule has 5 nitrogen and oxygen atoms in total. The van der Waals surface area contributed by atoms with Crippen molar-refractivity contribution in [3.05, 3.63) is 45.8 Å². The summed E-state index contributed by atoms with van der Waals surface area (Å²) in [6, 6.07) is 6.20. The highest BCUT2D eigenvalue weighted by molar-refractivity contribution is 7.16. The number of nitriles is 1. The number of aryl methyl sites for hydroxylation is 1. The molecular weight excluding hydrogens is 448 g/mol. The van der Waals surface area contributed by atoms with Crippen molar-refractivity contribution in [3.8, 4) is 11.8 Å². The third kappa shape index (κ3) is 4.01. The Morgan fingerprint density at radius 2 is 1.71 bits per heavy atom. The summed E-state index contributed by atoms with van der Waals surface area (Å²) in [7, 11) is 1.31. The molecule has 2 aromatic rings. The first-order valence-corrected chi connectivity index (χ1v) is 9.68. The monoisotopic (exact) mass is 463 g/mol. The van der Waals surface area contributed by atoms with Crippen LogP contribution in [0.3, 0.4) is 0 Å². The normalized spacial score (nSPS) is 14.0. The van der Waals surface area contributed by atoms with Gasteiger partial charge in [-0.1, -0.05) is 0 Å². The predicted molar refractivity (Wildman–Crippen MR) is 100.0 cm³/mol. The minimum atomic E-state index is -5.98. The summed E-state index contributed by atoms with van der Waals surface area (Å²) in [6.45, 7) is 0. The van der Waals surface area contributed by atoms with Crippen molar-refractivity contribution in [2.75, 3.05) is 12.4 Å². The molecule has 0 atom stereocenters. The maximum absolute atomic E-state index is 13.9. The van der Waals surface area contributed by atoms with Gasteiger partial charge in [-0.3, -0.25) is 4.79 Å². The first kappa shape index (κ1) is 22.7. The molecule has 2 N–H and O–H groups in total. The Bertz CT molecular complexity index is 1010. The second-order valence-corrected chi connectivity index (χ2v) is 7.83. The summed E-state index contributed by atoms with van der Waals surface area (Å²) in [4.78, 5) is 12.9. The Labute approximate surface area is 176 Å². The van der Waals surface area contributed by atoms with Gasteiger partial charge in [-0.15, -0.1) is 11.3 Å². The minimum Gasteiger partial charge on any atom is -0.497 e. The van der Waals surface area contributed by atoms with Gasteiger partial charge in [0.05, 0.1) is 12.7 Å². The molecule has 1 amide bonds. The summed E-state index contributed by atoms with van der Waals surface area (Å²) >= 11 is 0.659. The molecule has 0 fully saturated rings. The second kappa shape index (κ2) is 7.96. The van der Waals surface area contributed by atoms with Crippen molar-refractivity contribution in [3.63, 3.8) is 0 Å². The number of amides is 1. The number of thiophene rings is 1. The van der Waals surface area contributed by atoms with Crippen LogP contribution < -0.4 is 15.4 Å². The van der Waals surface area contributed by atoms with Crippen LogP contribution in [-0.2, 0) is 12.8 Å². The number of anilines is 1. The molecule has 1 aromatic heterocycles. The zero-order valence-corrected chi connectivity index (χ0v) is 16.7. The van der Waals surface area contributed by atoms with Crippen LogP contribution in [-0.4, -0.2) is 31.0 Å². The minimum absolute atomic E-state index is 0.263. The van der Waals surface area contributed by atoms with E-state index in [4.69, 9.17) is 4.74 Å². The average molecular weight is 463 g/mol. The fraction of sp³-hybridized carbons (Fsp3) is 0.368. The van der Waals surface area contributed by atoms with Gasteiger partial charge >= 0.3 is 18.0 Å². The van der Waals surface area contributed by atoms with Gasteiger partial charge in [-0.2, -0.15) is 31.6 Å². The number of nitrogens with one attached hydrogen (secondary N) is 2. The molecule has 0 unspecified atom stereocenters. The number of ether oxygens (including phenoxy) is 1. The maximum Gasteiger partial charge on any atom is 0.439 e. The first-order chi connectivity index (χ1) is 14.4. The van der Waals surface area contributed by atoms with E-state index in [-0.39, 0.29) is 11.3 Å². The number of hydrogen-bond acceptors (Lipinski definition) is 5. The molecule has 0 saturated carbocycles. The lowest BCUT2D eigenvalue weighted by atomic mass is 10.1. The molecule has 0 aliphatic heterocycles. The highest BCUT2D eigenvalue weighted by Gasteiger charge is 2.73. The van der Waals surface area contributed by atoms with Gasteiger partial charge in [-0.05, 0) is 49.1 Å². The average Bonchev–Trinajstić information content (AvgIpc) is 3.26. The van der Waals surface area contributed by atoms with Crippen molar-refractivity contribution in [1.29, 1.82) is 5.26 Å². The van der Waals surface area contributed by atoms with E-state index in [2.05, 4.69) is 0 Å². The number of halogens is 6. The highest BCUT2D eigenvalue weighted by atomic mass is 32.1. The lowest BCUT2D eigenvalue weighted by molar-refractivity contribution is -0.293. The lowest BCUT2D eigenvalue weighted by Gasteiger charge is -2.38. The zero-order chi connectivity index (χ0) is 23.0. The number of alkyl halides is 6. The molecule has 1 aromatic carbocycles. The molecule has 3 rings (SSSR count). The number of carbonyl (C=O) groups excluding carboxylic acids is 1. The number of hydrogen-bond donors (Lipinski definition) is 2. The van der Waals surface area contributed by atoms with Crippen LogP contribution in [0.15, 0.2) is 24.3 Å². The van der Waals surface area contributed by atoms with Gasteiger partial charge in [0, 0.05) is 10.4 Å². The van der Waals surface area contributed by atoms with Crippen LogP contribution in [0, 0.1) is 11.3 Å². The van der Waals surface area contributed by atoms with Crippen LogP contribution in [0.1, 0.15) is 32.8 Å². The largest absolute Gasteiger partial charge is 0.497 e. The standard InChI is InChI=1S/C19H15F6N3O2S/c1-30-11-7-5-10(6-8-11)15(29)27-17(18(20,21)22,19(23,24)25)28-16-13(9-26)12-3-2-4-14(12)31-16/h5-8,28H,2-4H2,1H3,(H,27,29). The van der Waals surface area contributed by atoms with Crippen LogP contribution in [0.5, 0.6) is 5.75 Å². The summed E-state index contributed by atoms with van der Waals surface area (Å²) in [6.07, 6.45) is -10.4. The molecule has 31 heavy (non-hydrogen) atoms. The maximum atomic E-state index is 13.9. The van der Waals surface area contributed by atoms with E-state index >= 15 is 0 Å². The molecule has 0 bridgehead atoms. The summed E-state index contributed by atoms with van der Waals surface area (Å²) in [5.74, 6) is -1.34. The number of rotatable bonds is 5. The molecule has 1 aliphatic rings. The molecule has 0 saturated heterocycles. The Morgan fingerprint density at radius 1 is 1.10 bits per heavy atom. The van der Waals surface area contributed by atoms with Gasteiger partial charge < -0.3 is 15.4 Å². The Hall–Kier alpha value is -2.94. The fourth-order valence-electron chi connectivity index (χ4n) is 3.24. The number of methoxy groups -OCH3 is 1. The lowest BCUT2D eigenvalue weighted by Crippen LogP contribution is -2.72. The number of carbonyl (C=O) groups is 1. The molecule has 1 aliphatic carbocycles. The molecule has 1 heterocycles. The molecule has 0 radical (unpaired) electrons. The summed E-state index contributed by atoms with van der Waals surface area (Å²) in [5.41, 5.74) is -5.07. The van der Waals surface area contributed by atoms with E-state index in [0.717, 1.165) is 17.4 Å². The van der Waals surface area contributed by atoms with Crippen LogP contribution in [0.25, 0.3) is 0 Å². The first-order valence-electron chi connectivity index (χ1n) is 8.86. The molecular formula is C19H15F6N3O2S. The third-order valence-corrected chi connectivity index (χ3v) is 6.05. The van der Waals surface area contributed by atoms with E-state index in [1.165, 1.54) is 24.6 Å². The summed E-state index contributed by atoms with van der Waals surface area (Å²) < 4.78 is 88.2. The van der Waals surface area contributed by atoms with Crippen molar-refractivity contribution < 1.29 is 35.9 Å². The zero-order valence-electron chi connectivity index (χ0n) is 15.9. The van der Waals surface area contributed by atoms with Crippen LogP contribution >= 0.6 is 11.3 Å². The SMILES string of the molecule is COc1ccc(C(=O)NC(Nc2sc3c(c2C#N)CCC3)(C(F)(F)F)C(F)(F)F)cc1. The number of fused-ring (bicyclic) bond motifs is 1. The van der Waals surface area contributed by atoms with Crippen molar-refractivity contribution >= 4 is 22.2 Å². The van der Waals surface area contributed by atoms with Crippen molar-refractivity contribution in [1.82, 2.24) is 5.32 Å². The fourth-order valence-corrected chi connectivity index (χ4v) is 4.54. The van der Waals surface area contributed by atoms with Crippen LogP contribution in [0.2, 0.25) is 0 Å². The van der Waals surface area contributed by atoms with Crippen LogP contribution in [0.4, 0.5) is 31.3 Å². The van der Waals surface area contributed by atoms with Crippen molar-refractivity contribution in [2.45, 2.75) is 37.3 Å². The van der Waals surface area contributed by atoms with Gasteiger partial charge in [0.25, 0.3) is 5.91 Å². The van der Waals surface area contributed by atoms with Crippen molar-refractivity contribution in [2.24, 2.45) is 0 Å². The molecule has 166 valence electrons. The Morgan fingerprint density at radius 3 is 2.23 bits per heavy atom. The Kier molecular flexibility index (Phi) is 5.84. The topological polar surface area (TPSA) is 74.2 Å². The smallest absolute Gasteiger partial charge is 0.439 e. The Balaban J connectivity index is 2.06. The van der Waals surface area contributed by atoms with E-state index in [0.29, 0.717) is 41.0 Å². The predicted octanol–water partition coefficient (Wildman–Crippen LogP) is 4.78. The number of nitrogens with zero attached hydrogens (tertiary/aromatic N) is 1.